The van der Waals surface area contributed by atoms with Gasteiger partial charge in [0.25, 0.3) is 0 Å². The number of benzene rings is 1. The maximum atomic E-state index is 3.26. The van der Waals surface area contributed by atoms with Gasteiger partial charge in [-0.25, -0.2) is 0 Å². The predicted octanol–water partition coefficient (Wildman–Crippen LogP) is 4.03. The molecule has 0 radical (unpaired) electrons. The first-order valence-corrected chi connectivity index (χ1v) is 7.92. The number of hydrogen-bond acceptors (Lipinski definition) is 2. The van der Waals surface area contributed by atoms with Crippen molar-refractivity contribution in [2.75, 3.05) is 7.05 Å². The molecule has 0 saturated carbocycles. The van der Waals surface area contributed by atoms with Crippen molar-refractivity contribution >= 4 is 22.2 Å². The van der Waals surface area contributed by atoms with E-state index in [-0.39, 0.29) is 0 Å². The Kier molecular flexibility index (Phi) is 3.90. The molecule has 0 amide bonds. The van der Waals surface area contributed by atoms with E-state index in [2.05, 4.69) is 59.4 Å². The first-order chi connectivity index (χ1) is 9.81. The summed E-state index contributed by atoms with van der Waals surface area (Å²) in [5.41, 5.74) is 2.72. The highest BCUT2D eigenvalue weighted by Gasteiger charge is 2.07. The van der Waals surface area contributed by atoms with Gasteiger partial charge < -0.3 is 9.88 Å². The van der Waals surface area contributed by atoms with E-state index >= 15 is 0 Å². The largest absolute Gasteiger partial charge is 0.342 e. The smallest absolute Gasteiger partial charge is 0.0569 e. The van der Waals surface area contributed by atoms with E-state index in [9.17, 15) is 0 Å². The number of para-hydroxylation sites is 1. The Morgan fingerprint density at radius 2 is 1.95 bits per heavy atom. The number of aryl methyl sites for hydroxylation is 1. The Morgan fingerprint density at radius 1 is 1.10 bits per heavy atom. The summed E-state index contributed by atoms with van der Waals surface area (Å²) in [6.07, 6.45) is 3.33. The van der Waals surface area contributed by atoms with Crippen molar-refractivity contribution in [1.29, 1.82) is 0 Å². The van der Waals surface area contributed by atoms with Crippen molar-refractivity contribution in [3.63, 3.8) is 0 Å². The summed E-state index contributed by atoms with van der Waals surface area (Å²) in [5, 5.41) is 4.58. The van der Waals surface area contributed by atoms with Gasteiger partial charge in [-0.2, -0.15) is 0 Å². The molecule has 0 aliphatic carbocycles. The van der Waals surface area contributed by atoms with Crippen LogP contribution in [0.15, 0.2) is 42.6 Å². The lowest BCUT2D eigenvalue weighted by molar-refractivity contribution is 0.801. The quantitative estimate of drug-likeness (QED) is 0.748. The lowest BCUT2D eigenvalue weighted by Gasteiger charge is -2.09. The summed E-state index contributed by atoms with van der Waals surface area (Å²) >= 11 is 1.92. The number of hydrogen-bond donors (Lipinski definition) is 1. The molecule has 0 atom stereocenters. The molecule has 3 rings (SSSR count). The number of fused-ring (bicyclic) bond motifs is 1. The Labute approximate surface area is 124 Å². The number of nitrogens with zero attached hydrogens (tertiary/aromatic N) is 1. The van der Waals surface area contributed by atoms with Crippen molar-refractivity contribution in [2.45, 2.75) is 26.4 Å². The monoisotopic (exact) mass is 284 g/mol. The molecule has 0 aliphatic rings. The minimum Gasteiger partial charge on any atom is -0.342 e. The van der Waals surface area contributed by atoms with Crippen molar-refractivity contribution in [3.8, 4) is 0 Å². The molecular weight excluding hydrogens is 264 g/mol. The van der Waals surface area contributed by atoms with Gasteiger partial charge in [-0.05, 0) is 42.6 Å². The molecule has 2 aromatic heterocycles. The molecule has 0 spiro atoms. The number of nitrogens with one attached hydrogen (secondary N) is 1. The Morgan fingerprint density at radius 3 is 2.70 bits per heavy atom. The van der Waals surface area contributed by atoms with Crippen LogP contribution in [0.2, 0.25) is 0 Å². The number of thiophene rings is 1. The fourth-order valence-corrected chi connectivity index (χ4v) is 3.63. The molecule has 3 aromatic rings. The maximum Gasteiger partial charge on any atom is 0.0569 e. The van der Waals surface area contributed by atoms with Gasteiger partial charge in [-0.1, -0.05) is 25.1 Å². The summed E-state index contributed by atoms with van der Waals surface area (Å²) in [4.78, 5) is 2.89. The minimum absolute atomic E-state index is 0.909. The molecule has 2 heterocycles. The number of aromatic nitrogens is 1. The second kappa shape index (κ2) is 5.81. The molecule has 0 unspecified atom stereocenters. The third-order valence-electron chi connectivity index (χ3n) is 3.63. The molecule has 3 heteroatoms. The molecule has 2 nitrogen and oxygen atoms in total. The normalized spacial score (nSPS) is 11.3. The summed E-state index contributed by atoms with van der Waals surface area (Å²) in [6.45, 7) is 4.09. The highest BCUT2D eigenvalue weighted by molar-refractivity contribution is 7.11. The highest BCUT2D eigenvalue weighted by Crippen LogP contribution is 2.24. The van der Waals surface area contributed by atoms with Crippen LogP contribution in [0.4, 0.5) is 0 Å². The summed E-state index contributed by atoms with van der Waals surface area (Å²) in [7, 11) is 2.00. The van der Waals surface area contributed by atoms with E-state index in [4.69, 9.17) is 0 Å². The highest BCUT2D eigenvalue weighted by atomic mass is 32.1. The fraction of sp³-hybridized carbons (Fsp3) is 0.294. The van der Waals surface area contributed by atoms with Gasteiger partial charge in [0, 0.05) is 22.5 Å². The van der Waals surface area contributed by atoms with Crippen LogP contribution >= 0.6 is 11.3 Å². The van der Waals surface area contributed by atoms with Crippen LogP contribution in [-0.2, 0) is 19.5 Å². The molecule has 0 bridgehead atoms. The van der Waals surface area contributed by atoms with Gasteiger partial charge in [-0.15, -0.1) is 11.3 Å². The fourth-order valence-electron chi connectivity index (χ4n) is 2.67. The molecule has 0 aliphatic heterocycles. The van der Waals surface area contributed by atoms with Gasteiger partial charge in [0.1, 0.15) is 0 Å². The van der Waals surface area contributed by atoms with Crippen LogP contribution in [0, 0.1) is 0 Å². The molecule has 104 valence electrons. The SMILES string of the molecule is CCc1ccc(Cn2ccc3cccc(CNC)c32)s1. The van der Waals surface area contributed by atoms with Crippen LogP contribution in [-0.4, -0.2) is 11.6 Å². The van der Waals surface area contributed by atoms with E-state index in [0.29, 0.717) is 0 Å². The van der Waals surface area contributed by atoms with E-state index in [0.717, 1.165) is 19.5 Å². The molecule has 20 heavy (non-hydrogen) atoms. The lowest BCUT2D eigenvalue weighted by atomic mass is 10.1. The topological polar surface area (TPSA) is 17.0 Å². The van der Waals surface area contributed by atoms with Crippen LogP contribution < -0.4 is 5.32 Å². The average molecular weight is 284 g/mol. The summed E-state index contributed by atoms with van der Waals surface area (Å²) in [5.74, 6) is 0. The van der Waals surface area contributed by atoms with Gasteiger partial charge >= 0.3 is 0 Å². The molecule has 0 saturated heterocycles. The van der Waals surface area contributed by atoms with E-state index in [1.807, 2.05) is 18.4 Å². The summed E-state index contributed by atoms with van der Waals surface area (Å²) in [6, 6.07) is 13.3. The second-order valence-electron chi connectivity index (χ2n) is 5.05. The van der Waals surface area contributed by atoms with Crippen molar-refractivity contribution < 1.29 is 0 Å². The van der Waals surface area contributed by atoms with Gasteiger partial charge in [-0.3, -0.25) is 0 Å². The van der Waals surface area contributed by atoms with Crippen LogP contribution in [0.3, 0.4) is 0 Å². The zero-order valence-corrected chi connectivity index (χ0v) is 12.8. The van der Waals surface area contributed by atoms with Crippen LogP contribution in [0.1, 0.15) is 22.2 Å². The van der Waals surface area contributed by atoms with Gasteiger partial charge in [0.15, 0.2) is 0 Å². The molecule has 1 N–H and O–H groups in total. The Hall–Kier alpha value is -1.58. The molecule has 0 fully saturated rings. The van der Waals surface area contributed by atoms with Gasteiger partial charge in [0.2, 0.25) is 0 Å². The zero-order valence-electron chi connectivity index (χ0n) is 12.0. The third-order valence-corrected chi connectivity index (χ3v) is 4.85. The first kappa shape index (κ1) is 13.4. The third kappa shape index (κ3) is 2.51. The zero-order chi connectivity index (χ0) is 13.9. The summed E-state index contributed by atoms with van der Waals surface area (Å²) < 4.78 is 2.37. The van der Waals surface area contributed by atoms with Crippen molar-refractivity contribution in [3.05, 3.63) is 57.9 Å². The van der Waals surface area contributed by atoms with E-state index in [1.165, 1.54) is 26.2 Å². The molecule has 1 aromatic carbocycles. The lowest BCUT2D eigenvalue weighted by Crippen LogP contribution is -2.07. The van der Waals surface area contributed by atoms with Crippen molar-refractivity contribution in [2.24, 2.45) is 0 Å². The van der Waals surface area contributed by atoms with Gasteiger partial charge in [0.05, 0.1) is 12.1 Å². The predicted molar refractivity (Wildman–Crippen MR) is 87.5 cm³/mol. The molecular formula is C17H20N2S. The first-order valence-electron chi connectivity index (χ1n) is 7.10. The number of rotatable bonds is 5. The Bertz CT molecular complexity index is 709. The van der Waals surface area contributed by atoms with Crippen LogP contribution in [0.5, 0.6) is 0 Å². The maximum absolute atomic E-state index is 3.26. The Balaban J connectivity index is 1.98. The second-order valence-corrected chi connectivity index (χ2v) is 6.30. The van der Waals surface area contributed by atoms with E-state index < -0.39 is 0 Å². The van der Waals surface area contributed by atoms with Crippen molar-refractivity contribution in [1.82, 2.24) is 9.88 Å². The van der Waals surface area contributed by atoms with Crippen LogP contribution in [0.25, 0.3) is 10.9 Å². The standard InChI is InChI=1S/C17H20N2S/c1-3-15-7-8-16(20-15)12-19-10-9-13-5-4-6-14(11-18-2)17(13)19/h4-10,18H,3,11-12H2,1-2H3. The minimum atomic E-state index is 0.909. The van der Waals surface area contributed by atoms with E-state index in [1.54, 1.807) is 0 Å². The average Bonchev–Trinajstić information content (AvgIpc) is 3.07.